The van der Waals surface area contributed by atoms with Gasteiger partial charge in [0.1, 0.15) is 50.9 Å². The van der Waals surface area contributed by atoms with Crippen molar-refractivity contribution in [1.82, 2.24) is 69.5 Å². The minimum absolute atomic E-state index is 0.0313. The number of aliphatic hydroxyl groups is 1. The van der Waals surface area contributed by atoms with Crippen LogP contribution in [-0.2, 0) is 23.4 Å². The molecule has 0 atom stereocenters. The second-order valence-electron chi connectivity index (χ2n) is 26.5. The molecule has 0 amide bonds. The van der Waals surface area contributed by atoms with E-state index in [4.69, 9.17) is 43.4 Å². The number of nitrogens with one attached hydrogen (secondary N) is 1. The number of benzene rings is 6. The maximum Gasteiger partial charge on any atom is 0.149 e. The maximum absolute atomic E-state index is 11.5. The fraction of sp³-hybridized carbons (Fsp3) is 0.362. The maximum atomic E-state index is 11.5. The third kappa shape index (κ3) is 20.1. The zero-order valence-electron chi connectivity index (χ0n) is 62.2. The molecule has 0 aliphatic carbocycles. The Bertz CT molecular complexity index is 4960. The summed E-state index contributed by atoms with van der Waals surface area (Å²) in [5, 5.41) is 24.7. The van der Waals surface area contributed by atoms with Gasteiger partial charge >= 0.3 is 0 Å². The molecule has 2 N–H and O–H groups in total. The molecule has 0 radical (unpaired) electrons. The fourth-order valence-corrected chi connectivity index (χ4v) is 13.7. The molecule has 2 aliphatic rings. The van der Waals surface area contributed by atoms with Crippen molar-refractivity contribution < 1.29 is 41.9 Å². The predicted octanol–water partition coefficient (Wildman–Crippen LogP) is 13.2. The van der Waals surface area contributed by atoms with Crippen molar-refractivity contribution in [2.45, 2.75) is 64.8 Å². The van der Waals surface area contributed by atoms with Crippen molar-refractivity contribution >= 4 is 77.1 Å². The SMILES string of the molecule is CCCCN(c1cc(OC)cc(OC)c1)c1ccc2ncc(-c3cnn(CCS(C)(=O)=O)c3)nc2c1.COc1cc(OC)cc(N(CCCN2CCCC2)c2ccc3ncc(-c4cn[nH]c4)nc3c2)c1.COc1cc(OCCO)cc(N(CCCN2CCCC2)c2ccc3ncc(-c4cnn(C)c4)nc3c2)c1. The number of aromatic amines is 1. The summed E-state index contributed by atoms with van der Waals surface area (Å²) in [6.07, 6.45) is 26.6. The molecule has 27 heteroatoms. The van der Waals surface area contributed by atoms with Crippen molar-refractivity contribution in [2.24, 2.45) is 7.05 Å². The number of aliphatic hydroxyl groups excluding tert-OH is 1. The molecule has 560 valence electrons. The Hall–Kier alpha value is -11.0. The van der Waals surface area contributed by atoms with Gasteiger partial charge in [-0.1, -0.05) is 13.3 Å². The zero-order valence-corrected chi connectivity index (χ0v) is 63.0. The first-order chi connectivity index (χ1) is 52.1. The first kappa shape index (κ1) is 75.7. The van der Waals surface area contributed by atoms with Crippen LogP contribution in [0.4, 0.5) is 34.1 Å². The minimum Gasteiger partial charge on any atom is -0.497 e. The second kappa shape index (κ2) is 36.3. The number of rotatable bonds is 31. The Morgan fingerprint density at radius 3 is 1.27 bits per heavy atom. The Labute approximate surface area is 624 Å². The number of hydrogen-bond donors (Lipinski definition) is 2. The van der Waals surface area contributed by atoms with Crippen molar-refractivity contribution in [3.05, 3.63) is 165 Å². The van der Waals surface area contributed by atoms with Crippen LogP contribution in [0.3, 0.4) is 0 Å². The van der Waals surface area contributed by atoms with Gasteiger partial charge in [0.2, 0.25) is 0 Å². The van der Waals surface area contributed by atoms with Crippen LogP contribution in [0.25, 0.3) is 66.9 Å². The summed E-state index contributed by atoms with van der Waals surface area (Å²) in [6.45, 7) is 12.1. The number of methoxy groups -OCH3 is 5. The van der Waals surface area contributed by atoms with E-state index in [1.165, 1.54) is 58.1 Å². The summed E-state index contributed by atoms with van der Waals surface area (Å²) in [7, 11) is 7.12. The van der Waals surface area contributed by atoms with Crippen LogP contribution < -0.4 is 43.1 Å². The minimum atomic E-state index is -3.07. The Balaban J connectivity index is 0.000000150. The molecule has 2 saturated heterocycles. The number of hydrogen-bond acceptors (Lipinski definition) is 23. The number of anilines is 6. The van der Waals surface area contributed by atoms with Crippen LogP contribution in [0, 0.1) is 0 Å². The molecule has 12 aromatic rings. The highest BCUT2D eigenvalue weighted by Crippen LogP contribution is 2.39. The molecule has 6 aromatic carbocycles. The van der Waals surface area contributed by atoms with Gasteiger partial charge < -0.3 is 58.0 Å². The zero-order chi connectivity index (χ0) is 74.7. The molecule has 26 nitrogen and oxygen atoms in total. The number of aryl methyl sites for hydroxylation is 2. The number of unbranched alkanes of at least 4 members (excludes halogenated alkanes) is 1. The van der Waals surface area contributed by atoms with Crippen molar-refractivity contribution in [3.63, 3.8) is 0 Å². The number of H-pyrrole nitrogens is 1. The molecule has 14 rings (SSSR count). The van der Waals surface area contributed by atoms with E-state index < -0.39 is 9.84 Å². The van der Waals surface area contributed by atoms with Gasteiger partial charge in [0, 0.05) is 157 Å². The molecule has 2 fully saturated rings. The van der Waals surface area contributed by atoms with Crippen LogP contribution in [-0.4, -0.2) is 203 Å². The van der Waals surface area contributed by atoms with E-state index in [0.717, 1.165) is 177 Å². The molecular weight excluding hydrogens is 1380 g/mol. The summed E-state index contributed by atoms with van der Waals surface area (Å²) in [4.78, 5) is 40.3. The molecule has 8 heterocycles. The number of nitrogens with zero attached hydrogens (tertiary/aromatic N) is 16. The highest BCUT2D eigenvalue weighted by molar-refractivity contribution is 7.90. The van der Waals surface area contributed by atoms with Gasteiger partial charge in [0.15, 0.2) is 0 Å². The van der Waals surface area contributed by atoms with E-state index >= 15 is 0 Å². The van der Waals surface area contributed by atoms with Gasteiger partial charge in [-0.05, 0) is 139 Å². The lowest BCUT2D eigenvalue weighted by atomic mass is 10.1. The first-order valence-corrected chi connectivity index (χ1v) is 38.4. The largest absolute Gasteiger partial charge is 0.497 e. The normalized spacial score (nSPS) is 13.1. The van der Waals surface area contributed by atoms with Gasteiger partial charge in [0.25, 0.3) is 0 Å². The van der Waals surface area contributed by atoms with Crippen LogP contribution in [0.2, 0.25) is 0 Å². The summed E-state index contributed by atoms with van der Waals surface area (Å²) in [5.74, 6) is 4.37. The Morgan fingerprint density at radius 2 is 0.879 bits per heavy atom. The van der Waals surface area contributed by atoms with Gasteiger partial charge in [-0.2, -0.15) is 15.3 Å². The molecule has 0 spiro atoms. The Morgan fingerprint density at radius 1 is 0.467 bits per heavy atom. The number of fused-ring (bicyclic) bond motifs is 3. The number of aromatic nitrogens is 12. The number of sulfone groups is 1. The molecule has 2 aliphatic heterocycles. The third-order valence-corrected chi connectivity index (χ3v) is 19.8. The molecule has 0 bridgehead atoms. The lowest BCUT2D eigenvalue weighted by Crippen LogP contribution is -2.26. The number of ether oxygens (including phenoxy) is 6. The number of likely N-dealkylation sites (tertiary alicyclic amines) is 2. The standard InChI is InChI=1S/C28H34N6O3.C26H30N6O2.C26H31N5O4S/c1-32-20-21(18-30-32)28-19-29-26-7-6-22(16-27(26)31-28)34(11-5-10-33-8-3-4-9-33)23-14-24(36-2)17-25(15-23)37-13-12-35;1-33-22-12-21(13-23(15-22)34-2)32(11-5-10-31-8-3-4-9-31)20-6-7-24-25(14-20)30-26(18-27-24)19-16-28-29-17-19;1-5-6-9-31(21-12-22(34-2)15-23(13-21)35-3)20-7-8-24-25(14-20)29-26(17-27-24)19-16-28-30(18-19)10-11-36(4,32)33/h6-7,14-20,35H,3-5,8-13H2,1-2H3;6-7,12-18H,3-5,8-11H2,1-2H3,(H,28,29);7-8,12-18H,5-6,9-11H2,1-4H3. The van der Waals surface area contributed by atoms with Crippen molar-refractivity contribution in [2.75, 3.05) is 134 Å². The monoisotopic (exact) mass is 1470 g/mol. The molecule has 0 unspecified atom stereocenters. The van der Waals surface area contributed by atoms with E-state index in [2.05, 4.69) is 103 Å². The third-order valence-electron chi connectivity index (χ3n) is 18.8. The highest BCUT2D eigenvalue weighted by atomic mass is 32.2. The van der Waals surface area contributed by atoms with Gasteiger partial charge in [-0.3, -0.25) is 29.4 Å². The fourth-order valence-electron chi connectivity index (χ4n) is 13.2. The van der Waals surface area contributed by atoms with Gasteiger partial charge in [-0.15, -0.1) is 0 Å². The molecule has 107 heavy (non-hydrogen) atoms. The van der Waals surface area contributed by atoms with E-state index in [9.17, 15) is 13.5 Å². The van der Waals surface area contributed by atoms with Crippen LogP contribution in [0.1, 0.15) is 58.3 Å². The van der Waals surface area contributed by atoms with E-state index in [-0.39, 0.29) is 19.0 Å². The van der Waals surface area contributed by atoms with Crippen LogP contribution in [0.15, 0.2) is 165 Å². The van der Waals surface area contributed by atoms with E-state index in [0.29, 0.717) is 23.7 Å². The second-order valence-corrected chi connectivity index (χ2v) is 28.7. The lowest BCUT2D eigenvalue weighted by Gasteiger charge is -2.27. The molecule has 0 saturated carbocycles. The van der Waals surface area contributed by atoms with Crippen molar-refractivity contribution in [1.29, 1.82) is 0 Å². The smallest absolute Gasteiger partial charge is 0.149 e. The van der Waals surface area contributed by atoms with E-state index in [1.807, 2.05) is 92.2 Å². The predicted molar refractivity (Wildman–Crippen MR) is 421 cm³/mol. The molecular formula is C80H95N17O9S. The quantitative estimate of drug-likeness (QED) is 0.0409. The first-order valence-electron chi connectivity index (χ1n) is 36.3. The topological polar surface area (TPSA) is 268 Å². The van der Waals surface area contributed by atoms with E-state index in [1.54, 1.807) is 88.3 Å². The van der Waals surface area contributed by atoms with Gasteiger partial charge in [0.05, 0.1) is 142 Å². The molecule has 6 aromatic heterocycles. The lowest BCUT2D eigenvalue weighted by molar-refractivity contribution is 0.201. The summed E-state index contributed by atoms with van der Waals surface area (Å²) in [5.41, 5.74) is 15.8. The highest BCUT2D eigenvalue weighted by Gasteiger charge is 2.21. The summed E-state index contributed by atoms with van der Waals surface area (Å²) >= 11 is 0. The average Bonchev–Trinajstić information content (AvgIpc) is 1.80. The van der Waals surface area contributed by atoms with Crippen LogP contribution >= 0.6 is 0 Å². The average molecular weight is 1470 g/mol. The Kier molecular flexibility index (Phi) is 25.7. The summed E-state index contributed by atoms with van der Waals surface area (Å²) in [6, 6.07) is 36.2. The van der Waals surface area contributed by atoms with Crippen molar-refractivity contribution in [3.8, 4) is 68.3 Å². The summed E-state index contributed by atoms with van der Waals surface area (Å²) < 4.78 is 59.7. The van der Waals surface area contributed by atoms with Crippen LogP contribution in [0.5, 0.6) is 34.5 Å². The van der Waals surface area contributed by atoms with Gasteiger partial charge in [-0.25, -0.2) is 23.4 Å².